The molecule has 1 saturated carbocycles. The summed E-state index contributed by atoms with van der Waals surface area (Å²) in [7, 11) is 0. The van der Waals surface area contributed by atoms with E-state index in [1.54, 1.807) is 12.1 Å². The highest BCUT2D eigenvalue weighted by molar-refractivity contribution is 5.94. The van der Waals surface area contributed by atoms with Crippen molar-refractivity contribution in [3.05, 3.63) is 78.4 Å². The summed E-state index contributed by atoms with van der Waals surface area (Å²) in [5.41, 5.74) is 0.152. The van der Waals surface area contributed by atoms with E-state index >= 15 is 0 Å². The average molecular weight is 407 g/mol. The second kappa shape index (κ2) is 8.25. The maximum atomic E-state index is 12.8. The van der Waals surface area contributed by atoms with E-state index in [-0.39, 0.29) is 17.7 Å². The molecule has 0 radical (unpaired) electrons. The highest BCUT2D eigenvalue weighted by atomic mass is 16.3. The number of nitrogens with zero attached hydrogens (tertiary/aromatic N) is 1. The fourth-order valence-corrected chi connectivity index (χ4v) is 5.38. The third-order valence-corrected chi connectivity index (χ3v) is 6.89. The molecule has 1 saturated heterocycles. The molecule has 1 aliphatic carbocycles. The van der Waals surface area contributed by atoms with Crippen LogP contribution in [0, 0.1) is 0 Å². The minimum absolute atomic E-state index is 0.0358. The Morgan fingerprint density at radius 1 is 1.20 bits per heavy atom. The Bertz CT molecular complexity index is 916. The van der Waals surface area contributed by atoms with Crippen molar-refractivity contribution in [3.8, 4) is 5.75 Å². The van der Waals surface area contributed by atoms with Crippen molar-refractivity contribution in [2.24, 2.45) is 0 Å². The Morgan fingerprint density at radius 3 is 2.73 bits per heavy atom. The number of amides is 1. The molecule has 2 fully saturated rings. The first-order valence-electron chi connectivity index (χ1n) is 10.7. The average Bonchev–Trinajstić information content (AvgIpc) is 2.75. The number of β-amino-alcohol motifs (C(OH)–C–C–N with tert-alkyl or cyclic N) is 1. The first-order chi connectivity index (χ1) is 14.5. The van der Waals surface area contributed by atoms with Crippen molar-refractivity contribution in [3.63, 3.8) is 0 Å². The molecule has 4 rings (SSSR count). The van der Waals surface area contributed by atoms with Crippen molar-refractivity contribution in [1.29, 1.82) is 0 Å². The summed E-state index contributed by atoms with van der Waals surface area (Å²) in [6, 6.07) is 16.5. The number of carbonyl (C=O) groups excluding carboxylic acids is 1. The van der Waals surface area contributed by atoms with E-state index < -0.39 is 11.0 Å². The summed E-state index contributed by atoms with van der Waals surface area (Å²) in [6.07, 6.45) is 4.59. The Morgan fingerprint density at radius 2 is 2.00 bits per heavy atom. The molecular weight excluding hydrogens is 376 g/mol. The third-order valence-electron chi connectivity index (χ3n) is 6.89. The van der Waals surface area contributed by atoms with Crippen LogP contribution in [0.25, 0.3) is 0 Å². The molecule has 1 heterocycles. The van der Waals surface area contributed by atoms with Crippen molar-refractivity contribution < 1.29 is 15.0 Å². The lowest BCUT2D eigenvalue weighted by molar-refractivity contribution is -0.123. The van der Waals surface area contributed by atoms with Gasteiger partial charge in [-0.25, -0.2) is 0 Å². The number of aromatic hydroxyl groups is 1. The fraction of sp³-hybridized carbons (Fsp3) is 0.400. The molecule has 0 bridgehead atoms. The molecular formula is C25H30N2O3. The van der Waals surface area contributed by atoms with Crippen LogP contribution < -0.4 is 5.32 Å². The van der Waals surface area contributed by atoms with Crippen LogP contribution in [0.5, 0.6) is 5.75 Å². The monoisotopic (exact) mass is 406 g/mol. The van der Waals surface area contributed by atoms with Crippen molar-refractivity contribution >= 4 is 5.91 Å². The molecule has 1 amide bonds. The quantitative estimate of drug-likeness (QED) is 0.667. The first kappa shape index (κ1) is 20.6. The SMILES string of the molecule is C=CCN1CCC2(c3cccc(O)c3)CC(NC(=O)c3ccccc3)CCC2(O)C1. The number of nitrogens with one attached hydrogen (secondary N) is 1. The Balaban J connectivity index is 1.63. The molecule has 5 heteroatoms. The van der Waals surface area contributed by atoms with E-state index in [1.807, 2.05) is 48.5 Å². The zero-order chi connectivity index (χ0) is 21.2. The molecule has 0 spiro atoms. The van der Waals surface area contributed by atoms with Crippen LogP contribution in [-0.4, -0.2) is 52.3 Å². The highest BCUT2D eigenvalue weighted by Crippen LogP contribution is 2.52. The van der Waals surface area contributed by atoms with Gasteiger partial charge >= 0.3 is 0 Å². The maximum absolute atomic E-state index is 12.8. The number of phenols is 1. The van der Waals surface area contributed by atoms with Gasteiger partial charge in [-0.15, -0.1) is 6.58 Å². The fourth-order valence-electron chi connectivity index (χ4n) is 5.38. The zero-order valence-corrected chi connectivity index (χ0v) is 17.3. The molecule has 3 atom stereocenters. The van der Waals surface area contributed by atoms with E-state index in [9.17, 15) is 15.0 Å². The molecule has 2 aliphatic rings. The van der Waals surface area contributed by atoms with Gasteiger partial charge in [0.15, 0.2) is 0 Å². The van der Waals surface area contributed by atoms with Crippen molar-refractivity contribution in [2.75, 3.05) is 19.6 Å². The molecule has 3 unspecified atom stereocenters. The lowest BCUT2D eigenvalue weighted by Gasteiger charge is -2.58. The van der Waals surface area contributed by atoms with E-state index in [0.717, 1.165) is 31.5 Å². The predicted molar refractivity (Wildman–Crippen MR) is 118 cm³/mol. The molecule has 30 heavy (non-hydrogen) atoms. The van der Waals surface area contributed by atoms with Gasteiger partial charge in [0.25, 0.3) is 5.91 Å². The Hall–Kier alpha value is -2.63. The van der Waals surface area contributed by atoms with Gasteiger partial charge < -0.3 is 15.5 Å². The minimum Gasteiger partial charge on any atom is -0.508 e. The summed E-state index contributed by atoms with van der Waals surface area (Å²) < 4.78 is 0. The van der Waals surface area contributed by atoms with Gasteiger partial charge in [-0.1, -0.05) is 36.4 Å². The van der Waals surface area contributed by atoms with Gasteiger partial charge in [-0.05, 0) is 62.1 Å². The van der Waals surface area contributed by atoms with Crippen molar-refractivity contribution in [1.82, 2.24) is 10.2 Å². The molecule has 3 N–H and O–H groups in total. The van der Waals surface area contributed by atoms with Crippen LogP contribution in [0.2, 0.25) is 0 Å². The van der Waals surface area contributed by atoms with E-state index in [1.165, 1.54) is 0 Å². The van der Waals surface area contributed by atoms with Gasteiger partial charge in [0.05, 0.1) is 5.60 Å². The summed E-state index contributed by atoms with van der Waals surface area (Å²) in [5.74, 6) is 0.120. The summed E-state index contributed by atoms with van der Waals surface area (Å²) in [5, 5.41) is 25.2. The topological polar surface area (TPSA) is 72.8 Å². The second-order valence-corrected chi connectivity index (χ2v) is 8.72. The minimum atomic E-state index is -0.921. The number of carbonyl (C=O) groups is 1. The number of fused-ring (bicyclic) bond motifs is 1. The molecule has 1 aliphatic heterocycles. The van der Waals surface area contributed by atoms with E-state index in [0.29, 0.717) is 24.9 Å². The summed E-state index contributed by atoms with van der Waals surface area (Å²) >= 11 is 0. The summed E-state index contributed by atoms with van der Waals surface area (Å²) in [4.78, 5) is 15.0. The van der Waals surface area contributed by atoms with Crippen LogP contribution in [0.4, 0.5) is 0 Å². The van der Waals surface area contributed by atoms with E-state index in [4.69, 9.17) is 0 Å². The van der Waals surface area contributed by atoms with Crippen LogP contribution in [0.1, 0.15) is 41.6 Å². The largest absolute Gasteiger partial charge is 0.508 e. The highest BCUT2D eigenvalue weighted by Gasteiger charge is 2.57. The molecule has 2 aromatic rings. The predicted octanol–water partition coefficient (Wildman–Crippen LogP) is 3.24. The molecule has 158 valence electrons. The van der Waals surface area contributed by atoms with Gasteiger partial charge in [0.2, 0.25) is 0 Å². The summed E-state index contributed by atoms with van der Waals surface area (Å²) in [6.45, 7) is 5.98. The van der Waals surface area contributed by atoms with Crippen LogP contribution in [-0.2, 0) is 5.41 Å². The van der Waals surface area contributed by atoms with E-state index in [2.05, 4.69) is 16.8 Å². The Kier molecular flexibility index (Phi) is 5.67. The molecule has 5 nitrogen and oxygen atoms in total. The lowest BCUT2D eigenvalue weighted by Crippen LogP contribution is -2.67. The maximum Gasteiger partial charge on any atom is 0.251 e. The number of rotatable bonds is 5. The van der Waals surface area contributed by atoms with Crippen LogP contribution in [0.3, 0.4) is 0 Å². The number of likely N-dealkylation sites (tertiary alicyclic amines) is 1. The smallest absolute Gasteiger partial charge is 0.251 e. The van der Waals surface area contributed by atoms with Gasteiger partial charge in [-0.2, -0.15) is 0 Å². The standard InChI is InChI=1S/C25H30N2O3/c1-2-14-27-15-13-24(20-9-6-10-22(28)16-20)17-21(11-12-25(24,30)18-27)26-23(29)19-7-4-3-5-8-19/h2-10,16,21,28,30H,1,11-15,17-18H2,(H,26,29). The van der Waals surface area contributed by atoms with Crippen LogP contribution in [0.15, 0.2) is 67.3 Å². The molecule has 2 aromatic carbocycles. The Labute approximate surface area is 178 Å². The third kappa shape index (κ3) is 3.75. The first-order valence-corrected chi connectivity index (χ1v) is 10.7. The van der Waals surface area contributed by atoms with Gasteiger partial charge in [-0.3, -0.25) is 9.69 Å². The van der Waals surface area contributed by atoms with Crippen LogP contribution >= 0.6 is 0 Å². The lowest BCUT2D eigenvalue weighted by atomic mass is 9.55. The normalized spacial score (nSPS) is 29.0. The number of hydrogen-bond donors (Lipinski definition) is 3. The van der Waals surface area contributed by atoms with Gasteiger partial charge in [0.1, 0.15) is 5.75 Å². The van der Waals surface area contributed by atoms with Crippen molar-refractivity contribution in [2.45, 2.75) is 42.7 Å². The number of benzene rings is 2. The number of piperidine rings is 1. The number of hydrogen-bond acceptors (Lipinski definition) is 4. The zero-order valence-electron chi connectivity index (χ0n) is 17.3. The number of aliphatic hydroxyl groups is 1. The number of phenolic OH excluding ortho intramolecular Hbond substituents is 1. The molecule has 0 aromatic heterocycles. The second-order valence-electron chi connectivity index (χ2n) is 8.72. The van der Waals surface area contributed by atoms with Gasteiger partial charge in [0, 0.05) is 30.1 Å².